The Morgan fingerprint density at radius 1 is 1.25 bits per heavy atom. The first-order valence-electron chi connectivity index (χ1n) is 6.21. The Labute approximate surface area is 96.3 Å². The molecule has 1 aliphatic heterocycles. The minimum Gasteiger partial charge on any atom is -0.312 e. The van der Waals surface area contributed by atoms with Crippen molar-refractivity contribution < 1.29 is 4.79 Å². The van der Waals surface area contributed by atoms with E-state index in [0.29, 0.717) is 5.91 Å². The van der Waals surface area contributed by atoms with Crippen molar-refractivity contribution in [3.05, 3.63) is 29.8 Å². The first kappa shape index (κ1) is 9.88. The summed E-state index contributed by atoms with van der Waals surface area (Å²) in [5.74, 6) is 0.341. The number of hydrogen-bond acceptors (Lipinski definition) is 1. The second-order valence-electron chi connectivity index (χ2n) is 4.86. The van der Waals surface area contributed by atoms with E-state index in [9.17, 15) is 4.79 Å². The molecule has 1 aromatic rings. The maximum absolute atomic E-state index is 12.5. The lowest BCUT2D eigenvalue weighted by atomic mass is 9.80. The average Bonchev–Trinajstić information content (AvgIpc) is 2.88. The molecule has 0 aromatic heterocycles. The molecule has 1 fully saturated rings. The molecule has 2 aliphatic rings. The number of fused-ring (bicyclic) bond motifs is 2. The van der Waals surface area contributed by atoms with Gasteiger partial charge in [0, 0.05) is 12.2 Å². The molecule has 3 rings (SSSR count). The first-order valence-corrected chi connectivity index (χ1v) is 6.21. The second-order valence-corrected chi connectivity index (χ2v) is 4.86. The van der Waals surface area contributed by atoms with Gasteiger partial charge in [-0.1, -0.05) is 31.0 Å². The lowest BCUT2D eigenvalue weighted by molar-refractivity contribution is -0.122. The molecular weight excluding hydrogens is 198 g/mol. The van der Waals surface area contributed by atoms with Crippen LogP contribution in [-0.2, 0) is 10.2 Å². The Balaban J connectivity index is 2.19. The standard InChI is InChI=1S/C14H17NO/c1-2-15-12-8-4-3-7-11(12)14(13(15)16)9-5-6-10-14/h3-4,7-8H,2,5-6,9-10H2,1H3. The highest BCUT2D eigenvalue weighted by molar-refractivity contribution is 6.08. The van der Waals surface area contributed by atoms with Crippen LogP contribution < -0.4 is 4.90 Å². The molecule has 0 N–H and O–H groups in total. The average molecular weight is 215 g/mol. The fourth-order valence-electron chi connectivity index (χ4n) is 3.37. The van der Waals surface area contributed by atoms with E-state index in [1.54, 1.807) is 0 Å². The van der Waals surface area contributed by atoms with Crippen molar-refractivity contribution in [3.8, 4) is 0 Å². The molecule has 1 heterocycles. The van der Waals surface area contributed by atoms with E-state index in [0.717, 1.165) is 25.1 Å². The molecule has 1 saturated carbocycles. The van der Waals surface area contributed by atoms with Crippen LogP contribution >= 0.6 is 0 Å². The summed E-state index contributed by atoms with van der Waals surface area (Å²) in [6.45, 7) is 2.85. The maximum Gasteiger partial charge on any atom is 0.237 e. The molecule has 1 aromatic carbocycles. The number of carbonyl (C=O) groups excluding carboxylic acids is 1. The van der Waals surface area contributed by atoms with Gasteiger partial charge in [0.2, 0.25) is 5.91 Å². The largest absolute Gasteiger partial charge is 0.312 e. The summed E-state index contributed by atoms with van der Waals surface area (Å²) in [7, 11) is 0. The quantitative estimate of drug-likeness (QED) is 0.705. The molecule has 0 saturated heterocycles. The highest BCUT2D eigenvalue weighted by atomic mass is 16.2. The molecule has 1 amide bonds. The molecular formula is C14H17NO. The summed E-state index contributed by atoms with van der Waals surface area (Å²) in [4.78, 5) is 14.5. The summed E-state index contributed by atoms with van der Waals surface area (Å²) in [6.07, 6.45) is 4.47. The van der Waals surface area contributed by atoms with Crippen molar-refractivity contribution in [2.45, 2.75) is 38.0 Å². The number of para-hydroxylation sites is 1. The molecule has 2 heteroatoms. The van der Waals surface area contributed by atoms with Crippen LogP contribution in [0.5, 0.6) is 0 Å². The molecule has 0 radical (unpaired) electrons. The minimum atomic E-state index is -0.160. The van der Waals surface area contributed by atoms with Gasteiger partial charge in [-0.25, -0.2) is 0 Å². The number of nitrogens with zero attached hydrogens (tertiary/aromatic N) is 1. The van der Waals surface area contributed by atoms with Gasteiger partial charge in [0.25, 0.3) is 0 Å². The van der Waals surface area contributed by atoms with Gasteiger partial charge < -0.3 is 4.90 Å². The molecule has 0 unspecified atom stereocenters. The van der Waals surface area contributed by atoms with E-state index in [1.165, 1.54) is 18.4 Å². The molecule has 16 heavy (non-hydrogen) atoms. The number of amides is 1. The Bertz CT molecular complexity index is 432. The topological polar surface area (TPSA) is 20.3 Å². The fourth-order valence-corrected chi connectivity index (χ4v) is 3.37. The third kappa shape index (κ3) is 1.05. The zero-order valence-electron chi connectivity index (χ0n) is 9.70. The fraction of sp³-hybridized carbons (Fsp3) is 0.500. The monoisotopic (exact) mass is 215 g/mol. The molecule has 84 valence electrons. The third-order valence-corrected chi connectivity index (χ3v) is 4.14. The minimum absolute atomic E-state index is 0.160. The lowest BCUT2D eigenvalue weighted by Crippen LogP contribution is -2.38. The van der Waals surface area contributed by atoms with Crippen molar-refractivity contribution in [1.29, 1.82) is 0 Å². The number of carbonyl (C=O) groups is 1. The molecule has 1 spiro atoms. The molecule has 2 nitrogen and oxygen atoms in total. The van der Waals surface area contributed by atoms with Gasteiger partial charge in [-0.3, -0.25) is 4.79 Å². The van der Waals surface area contributed by atoms with Crippen LogP contribution in [0.4, 0.5) is 5.69 Å². The number of hydrogen-bond donors (Lipinski definition) is 0. The van der Waals surface area contributed by atoms with Gasteiger partial charge in [-0.2, -0.15) is 0 Å². The van der Waals surface area contributed by atoms with Gasteiger partial charge in [-0.05, 0) is 31.4 Å². The Morgan fingerprint density at radius 2 is 1.94 bits per heavy atom. The normalized spacial score (nSPS) is 21.8. The summed E-state index contributed by atoms with van der Waals surface area (Å²) in [5.41, 5.74) is 2.27. The summed E-state index contributed by atoms with van der Waals surface area (Å²) < 4.78 is 0. The highest BCUT2D eigenvalue weighted by Gasteiger charge is 2.51. The van der Waals surface area contributed by atoms with Crippen LogP contribution in [0.25, 0.3) is 0 Å². The van der Waals surface area contributed by atoms with E-state index in [2.05, 4.69) is 25.1 Å². The van der Waals surface area contributed by atoms with Gasteiger partial charge in [-0.15, -0.1) is 0 Å². The van der Waals surface area contributed by atoms with Crippen molar-refractivity contribution in [2.75, 3.05) is 11.4 Å². The van der Waals surface area contributed by atoms with Gasteiger partial charge in [0.1, 0.15) is 0 Å². The molecule has 0 bridgehead atoms. The second kappa shape index (κ2) is 3.34. The molecule has 1 aliphatic carbocycles. The Morgan fingerprint density at radius 3 is 2.62 bits per heavy atom. The van der Waals surface area contributed by atoms with Gasteiger partial charge in [0.05, 0.1) is 5.41 Å². The summed E-state index contributed by atoms with van der Waals surface area (Å²) in [6, 6.07) is 8.33. The summed E-state index contributed by atoms with van der Waals surface area (Å²) >= 11 is 0. The van der Waals surface area contributed by atoms with E-state index in [4.69, 9.17) is 0 Å². The van der Waals surface area contributed by atoms with Crippen LogP contribution in [0.15, 0.2) is 24.3 Å². The van der Waals surface area contributed by atoms with Crippen LogP contribution in [0.1, 0.15) is 38.2 Å². The predicted molar refractivity (Wildman–Crippen MR) is 64.6 cm³/mol. The van der Waals surface area contributed by atoms with Crippen molar-refractivity contribution in [1.82, 2.24) is 0 Å². The lowest BCUT2D eigenvalue weighted by Gasteiger charge is -2.22. The number of benzene rings is 1. The first-order chi connectivity index (χ1) is 7.79. The zero-order chi connectivity index (χ0) is 11.2. The van der Waals surface area contributed by atoms with Gasteiger partial charge >= 0.3 is 0 Å². The number of likely N-dealkylation sites (N-methyl/N-ethyl adjacent to an activating group) is 1. The van der Waals surface area contributed by atoms with Crippen molar-refractivity contribution >= 4 is 11.6 Å². The number of rotatable bonds is 1. The van der Waals surface area contributed by atoms with Crippen LogP contribution in [0.3, 0.4) is 0 Å². The molecule has 0 atom stereocenters. The van der Waals surface area contributed by atoms with E-state index >= 15 is 0 Å². The predicted octanol–water partition coefficient (Wildman–Crippen LogP) is 2.86. The van der Waals surface area contributed by atoms with Gasteiger partial charge in [0.15, 0.2) is 0 Å². The van der Waals surface area contributed by atoms with Crippen molar-refractivity contribution in [3.63, 3.8) is 0 Å². The zero-order valence-corrected chi connectivity index (χ0v) is 9.70. The van der Waals surface area contributed by atoms with Crippen LogP contribution in [0, 0.1) is 0 Å². The van der Waals surface area contributed by atoms with E-state index in [-0.39, 0.29) is 5.41 Å². The maximum atomic E-state index is 12.5. The van der Waals surface area contributed by atoms with E-state index < -0.39 is 0 Å². The Kier molecular flexibility index (Phi) is 2.06. The Hall–Kier alpha value is -1.31. The van der Waals surface area contributed by atoms with E-state index in [1.807, 2.05) is 11.0 Å². The van der Waals surface area contributed by atoms with Crippen molar-refractivity contribution in [2.24, 2.45) is 0 Å². The highest BCUT2D eigenvalue weighted by Crippen LogP contribution is 2.50. The van der Waals surface area contributed by atoms with Crippen LogP contribution in [-0.4, -0.2) is 12.5 Å². The number of anilines is 1. The third-order valence-electron chi connectivity index (χ3n) is 4.14. The SMILES string of the molecule is CCN1C(=O)C2(CCCC2)c2ccccc21. The van der Waals surface area contributed by atoms with Crippen LogP contribution in [0.2, 0.25) is 0 Å². The smallest absolute Gasteiger partial charge is 0.237 e. The summed E-state index contributed by atoms with van der Waals surface area (Å²) in [5, 5.41) is 0.